The molecule has 408 valence electrons. The Morgan fingerprint density at radius 3 is 1.71 bits per heavy atom. The Hall–Kier alpha value is -3.50. The summed E-state index contributed by atoms with van der Waals surface area (Å²) in [5, 5.41) is 21.8. The highest BCUT2D eigenvalue weighted by molar-refractivity contribution is 7.49. The number of rotatable bonds is 34. The molecule has 2 aromatic carbocycles. The van der Waals surface area contributed by atoms with E-state index >= 15 is 0 Å². The molecule has 6 radical (unpaired) electrons. The number of nitrogens with one attached hydrogen (secondary N) is 1. The highest BCUT2D eigenvalue weighted by Gasteiger charge is 2.47. The van der Waals surface area contributed by atoms with Crippen LogP contribution in [0.4, 0.5) is 4.79 Å². The Bertz CT molecular complexity index is 2410. The van der Waals surface area contributed by atoms with E-state index in [9.17, 15) is 28.9 Å². The lowest BCUT2D eigenvalue weighted by Gasteiger charge is -2.28. The molecule has 0 spiro atoms. The number of fused-ring (bicyclic) bond motifs is 3. The van der Waals surface area contributed by atoms with Crippen molar-refractivity contribution in [3.05, 3.63) is 82.5 Å². The Morgan fingerprint density at radius 1 is 0.724 bits per heavy atom. The molecule has 1 amide bonds. The van der Waals surface area contributed by atoms with Crippen LogP contribution in [0.1, 0.15) is 62.0 Å². The summed E-state index contributed by atoms with van der Waals surface area (Å²) < 4.78 is 122. The van der Waals surface area contributed by atoms with Crippen LogP contribution in [-0.2, 0) is 78.1 Å². The number of nitriles is 1. The number of phosphoric acid groups is 3. The number of carbonyl (C=O) groups is 1. The Balaban J connectivity index is 1.02. The molecule has 0 saturated carbocycles. The summed E-state index contributed by atoms with van der Waals surface area (Å²) in [5.41, 5.74) is 4.48. The maximum atomic E-state index is 14.4. The number of amides is 1. The number of aliphatic hydroxyl groups is 1. The van der Waals surface area contributed by atoms with Gasteiger partial charge < -0.3 is 43.8 Å². The zero-order valence-electron chi connectivity index (χ0n) is 42.1. The Kier molecular flexibility index (Phi) is 25.0. The number of hydrogen-bond donors (Lipinski definition) is 2. The van der Waals surface area contributed by atoms with E-state index < -0.39 is 111 Å². The first-order chi connectivity index (χ1) is 36.6. The van der Waals surface area contributed by atoms with Crippen molar-refractivity contribution >= 4 is 53.1 Å². The fourth-order valence-electron chi connectivity index (χ4n) is 8.80. The van der Waals surface area contributed by atoms with Crippen LogP contribution in [0.15, 0.2) is 48.5 Å². The number of alkyl carbamates (subject to hydrolysis) is 1. The minimum Gasteiger partial charge on any atom is -0.449 e. The molecule has 0 bridgehead atoms. The van der Waals surface area contributed by atoms with Crippen molar-refractivity contribution in [2.45, 2.75) is 105 Å². The molecule has 0 aromatic heterocycles. The second-order valence-corrected chi connectivity index (χ2v) is 22.8. The zero-order chi connectivity index (χ0) is 54.6. The first-order valence-corrected chi connectivity index (χ1v) is 29.2. The minimum absolute atomic E-state index is 0.0367. The number of benzene rings is 2. The van der Waals surface area contributed by atoms with Gasteiger partial charge in [-0.05, 0) is 54.4 Å². The quantitative estimate of drug-likeness (QED) is 0.0345. The highest BCUT2D eigenvalue weighted by atomic mass is 31.2. The minimum atomic E-state index is -4.69. The number of carbonyl (C=O) groups excluding carboxylic acids is 1. The smallest absolute Gasteiger partial charge is 0.449 e. The van der Waals surface area contributed by atoms with Crippen molar-refractivity contribution in [3.8, 4) is 17.2 Å². The molecule has 1 aliphatic carbocycles. The van der Waals surface area contributed by atoms with Crippen LogP contribution in [0.3, 0.4) is 0 Å². The lowest BCUT2D eigenvalue weighted by molar-refractivity contribution is -0.0387. The van der Waals surface area contributed by atoms with E-state index in [0.29, 0.717) is 25.8 Å². The van der Waals surface area contributed by atoms with Crippen molar-refractivity contribution in [2.24, 2.45) is 5.92 Å². The predicted octanol–water partition coefficient (Wildman–Crippen LogP) is 6.13. The molecule has 2 N–H and O–H groups in total. The highest BCUT2D eigenvalue weighted by Crippen LogP contribution is 2.57. The Labute approximate surface area is 447 Å². The van der Waals surface area contributed by atoms with E-state index in [0.717, 1.165) is 22.3 Å². The van der Waals surface area contributed by atoms with Crippen LogP contribution in [0.5, 0.6) is 0 Å². The fraction of sp³-hybridized carbons (Fsp3) is 0.660. The van der Waals surface area contributed by atoms with E-state index in [-0.39, 0.29) is 83.6 Å². The summed E-state index contributed by atoms with van der Waals surface area (Å²) in [6.07, 6.45) is -5.79. The van der Waals surface area contributed by atoms with Crippen molar-refractivity contribution in [1.82, 2.24) is 5.32 Å². The van der Waals surface area contributed by atoms with Gasteiger partial charge in [-0.2, -0.15) is 5.26 Å². The van der Waals surface area contributed by atoms with Gasteiger partial charge in [0.1, 0.15) is 61.7 Å². The molecule has 3 fully saturated rings. The second-order valence-electron chi connectivity index (χ2n) is 17.9. The van der Waals surface area contributed by atoms with Gasteiger partial charge >= 0.3 is 29.6 Å². The summed E-state index contributed by atoms with van der Waals surface area (Å²) in [7, 11) is 5.92. The lowest BCUT2D eigenvalue weighted by Crippen LogP contribution is -2.32. The molecular formula is C47H62B3N4O19P3. The van der Waals surface area contributed by atoms with Gasteiger partial charge in [-0.3, -0.25) is 40.7 Å². The van der Waals surface area contributed by atoms with E-state index in [1.165, 1.54) is 7.11 Å². The molecule has 2 aromatic rings. The van der Waals surface area contributed by atoms with Gasteiger partial charge in [0.15, 0.2) is 0 Å². The van der Waals surface area contributed by atoms with Crippen LogP contribution >= 0.6 is 23.5 Å². The number of methoxy groups -OCH3 is 1. The summed E-state index contributed by atoms with van der Waals surface area (Å²) in [6, 6.07) is 15.2. The molecule has 6 rings (SSSR count). The van der Waals surface area contributed by atoms with Gasteiger partial charge in [0.05, 0.1) is 70.4 Å². The molecule has 13 atom stereocenters. The summed E-state index contributed by atoms with van der Waals surface area (Å²) in [5.74, 6) is -0.386. The maximum absolute atomic E-state index is 14.4. The first kappa shape index (κ1) is 61.7. The predicted molar refractivity (Wildman–Crippen MR) is 273 cm³/mol. The molecule has 76 heavy (non-hydrogen) atoms. The van der Waals surface area contributed by atoms with Crippen molar-refractivity contribution in [3.63, 3.8) is 0 Å². The maximum Gasteiger partial charge on any atom is 0.475 e. The van der Waals surface area contributed by atoms with E-state index in [2.05, 4.69) is 27.1 Å². The third kappa shape index (κ3) is 18.5. The molecule has 23 nitrogen and oxygen atoms in total. The van der Waals surface area contributed by atoms with Gasteiger partial charge in [0.2, 0.25) is 13.1 Å². The van der Waals surface area contributed by atoms with Crippen LogP contribution in [0.25, 0.3) is 20.8 Å². The molecule has 3 heterocycles. The third-order valence-corrected chi connectivity index (χ3v) is 16.8. The fourth-order valence-corrected chi connectivity index (χ4v) is 13.0. The standard InChI is InChI=1S/C47H62B3N4O19P3/c1-52-18-21-63-75(58,71-38-23-44(48)68-41(38)26-55)66-30-43-40(25-46(50)70-43)73-76(59,64-22-19-53-2)67-31-42-39(24-45(49)69-42)72-74(57,62-20-10-16-51)65-28-32(27-60-3)11-8-9-17-54-47(56)61-29-37-35-14-6-4-12-33(35)34-13-5-7-15-36(34)37/h4-7,12-15,32,37-46,55H,8-11,17-31H2,3H3,(H,54,56)/t32?,38?,39?,40?,41-,42-,43-,44-,45-,46-,74?,75?,76?/m1/s1. The normalized spacial score (nSPS) is 26.7. The monoisotopic (exact) mass is 1110 g/mol. The van der Waals surface area contributed by atoms with Gasteiger partial charge in [-0.15, -0.1) is 0 Å². The number of aliphatic hydroxyl groups excluding tert-OH is 1. The number of hydrogen-bond acceptors (Lipinski definition) is 20. The van der Waals surface area contributed by atoms with Gasteiger partial charge in [-0.1, -0.05) is 55.0 Å². The van der Waals surface area contributed by atoms with E-state index in [1.54, 1.807) is 0 Å². The average molecular weight is 1110 g/mol. The number of phosphoric ester groups is 3. The molecule has 4 aliphatic rings. The van der Waals surface area contributed by atoms with Crippen LogP contribution < -0.4 is 5.32 Å². The van der Waals surface area contributed by atoms with Gasteiger partial charge in [0.25, 0.3) is 0 Å². The van der Waals surface area contributed by atoms with E-state index in [1.807, 2.05) is 42.5 Å². The first-order valence-electron chi connectivity index (χ1n) is 24.8. The van der Waals surface area contributed by atoms with Crippen LogP contribution in [0, 0.1) is 30.4 Å². The van der Waals surface area contributed by atoms with Gasteiger partial charge in [-0.25, -0.2) is 31.6 Å². The van der Waals surface area contributed by atoms with Crippen molar-refractivity contribution in [1.29, 1.82) is 5.26 Å². The topological polar surface area (TPSA) is 262 Å². The second kappa shape index (κ2) is 30.8. The third-order valence-electron chi connectivity index (χ3n) is 12.3. The summed E-state index contributed by atoms with van der Waals surface area (Å²) >= 11 is 0. The number of unbranched alkanes of at least 4 members (excludes halogenated alkanes) is 1. The number of ether oxygens (including phenoxy) is 5. The van der Waals surface area contributed by atoms with Crippen LogP contribution in [0.2, 0.25) is 0 Å². The lowest BCUT2D eigenvalue weighted by atomic mass is 9.96. The van der Waals surface area contributed by atoms with Gasteiger partial charge in [0, 0.05) is 43.5 Å². The SMILES string of the molecule is [B][C@H]1CC(OP(=O)(OCC[N+]#[C-])OC[C@H]2O[C@@H]([B])CC2OP(=O)(OCC[N+]#[C-])OC[C@H]2O[C@@H]([B])CC2OP(=O)(OCCC#N)OCC(CCCCNC(=O)OCC2c3ccccc3-c3ccccc32)COC)[C@@H](CO)O1. The van der Waals surface area contributed by atoms with E-state index in [4.69, 9.17) is 101 Å². The van der Waals surface area contributed by atoms with Crippen molar-refractivity contribution < 1.29 is 88.0 Å². The summed E-state index contributed by atoms with van der Waals surface area (Å²) in [4.78, 5) is 19.2. The largest absolute Gasteiger partial charge is 0.475 e. The molecule has 3 saturated heterocycles. The molecule has 7 unspecified atom stereocenters. The van der Waals surface area contributed by atoms with Crippen molar-refractivity contribution in [2.75, 3.05) is 86.2 Å². The summed E-state index contributed by atoms with van der Waals surface area (Å²) in [6.45, 7) is 11.7. The zero-order valence-corrected chi connectivity index (χ0v) is 44.8. The molecule has 29 heteroatoms. The molecule has 3 aliphatic heterocycles. The number of nitrogens with zero attached hydrogens (tertiary/aromatic N) is 3. The Morgan fingerprint density at radius 2 is 1.21 bits per heavy atom. The average Bonchev–Trinajstić information content (AvgIpc) is 4.14. The molecular weight excluding hydrogens is 1050 g/mol. The van der Waals surface area contributed by atoms with Crippen LogP contribution in [-0.4, -0.2) is 176 Å².